The maximum absolute atomic E-state index is 12.3. The number of carbonyl (C=O) groups excluding carboxylic acids is 1. The van der Waals surface area contributed by atoms with E-state index in [1.165, 1.54) is 25.9 Å². The van der Waals surface area contributed by atoms with Crippen LogP contribution in [0.25, 0.3) is 0 Å². The van der Waals surface area contributed by atoms with E-state index in [2.05, 4.69) is 27.0 Å². The predicted molar refractivity (Wildman–Crippen MR) is 89.6 cm³/mol. The van der Waals surface area contributed by atoms with Gasteiger partial charge in [-0.2, -0.15) is 0 Å². The highest BCUT2D eigenvalue weighted by atomic mass is 32.1. The van der Waals surface area contributed by atoms with Crippen LogP contribution in [-0.2, 0) is 0 Å². The van der Waals surface area contributed by atoms with Gasteiger partial charge >= 0.3 is 6.03 Å². The first-order valence-corrected chi connectivity index (χ1v) is 9.03. The summed E-state index contributed by atoms with van der Waals surface area (Å²) in [5.41, 5.74) is 0. The van der Waals surface area contributed by atoms with Crippen molar-refractivity contribution in [2.75, 3.05) is 50.7 Å². The van der Waals surface area contributed by atoms with E-state index in [0.29, 0.717) is 6.04 Å². The Morgan fingerprint density at radius 2 is 2.00 bits per heavy atom. The van der Waals surface area contributed by atoms with Crippen LogP contribution in [0.1, 0.15) is 19.8 Å². The quantitative estimate of drug-likeness (QED) is 0.911. The van der Waals surface area contributed by atoms with Gasteiger partial charge in [-0.3, -0.25) is 4.90 Å². The number of piperazine rings is 1. The monoisotopic (exact) mass is 323 g/mol. The summed E-state index contributed by atoms with van der Waals surface area (Å²) in [6.07, 6.45) is 4.41. The molecule has 0 aromatic carbocycles. The SMILES string of the molecule is C[C@H](CNC(=O)N1CCN(c2nccs2)CC1)N1CCCC1. The minimum atomic E-state index is 0.0739. The van der Waals surface area contributed by atoms with Crippen LogP contribution in [0, 0.1) is 0 Å². The number of rotatable bonds is 4. The molecule has 0 spiro atoms. The fourth-order valence-corrected chi connectivity index (χ4v) is 3.83. The molecule has 0 radical (unpaired) electrons. The molecule has 22 heavy (non-hydrogen) atoms. The topological polar surface area (TPSA) is 51.7 Å². The van der Waals surface area contributed by atoms with Gasteiger partial charge in [-0.1, -0.05) is 0 Å². The van der Waals surface area contributed by atoms with Crippen molar-refractivity contribution in [1.82, 2.24) is 20.1 Å². The Morgan fingerprint density at radius 3 is 2.64 bits per heavy atom. The van der Waals surface area contributed by atoms with Gasteiger partial charge in [-0.25, -0.2) is 9.78 Å². The van der Waals surface area contributed by atoms with E-state index < -0.39 is 0 Å². The number of nitrogens with zero attached hydrogens (tertiary/aromatic N) is 4. The van der Waals surface area contributed by atoms with Crippen LogP contribution in [0.4, 0.5) is 9.93 Å². The van der Waals surface area contributed by atoms with Gasteiger partial charge in [-0.15, -0.1) is 11.3 Å². The first kappa shape index (κ1) is 15.6. The zero-order valence-electron chi connectivity index (χ0n) is 13.2. The van der Waals surface area contributed by atoms with E-state index in [-0.39, 0.29) is 6.03 Å². The molecule has 2 aliphatic rings. The maximum atomic E-state index is 12.3. The molecule has 0 bridgehead atoms. The third kappa shape index (κ3) is 3.70. The standard InChI is InChI=1S/C15H25N5OS/c1-13(18-5-2-3-6-18)12-17-14(21)19-7-9-20(10-8-19)15-16-4-11-22-15/h4,11,13H,2-3,5-10,12H2,1H3,(H,17,21)/t13-/m1/s1. The molecule has 1 aromatic heterocycles. The summed E-state index contributed by atoms with van der Waals surface area (Å²) < 4.78 is 0. The van der Waals surface area contributed by atoms with Crippen LogP contribution in [0.5, 0.6) is 0 Å². The lowest BCUT2D eigenvalue weighted by Gasteiger charge is -2.35. The summed E-state index contributed by atoms with van der Waals surface area (Å²) in [6, 6.07) is 0.507. The number of thiazole rings is 1. The molecule has 122 valence electrons. The molecule has 3 rings (SSSR count). The number of hydrogen-bond acceptors (Lipinski definition) is 5. The molecule has 1 N–H and O–H groups in total. The summed E-state index contributed by atoms with van der Waals surface area (Å²) in [5, 5.41) is 6.14. The third-order valence-corrected chi connectivity index (χ3v) is 5.40. The maximum Gasteiger partial charge on any atom is 0.317 e. The first-order chi connectivity index (χ1) is 10.7. The average Bonchev–Trinajstić information content (AvgIpc) is 3.25. The Balaban J connectivity index is 1.40. The molecule has 0 aliphatic carbocycles. The fourth-order valence-electron chi connectivity index (χ4n) is 3.13. The molecule has 2 saturated heterocycles. The number of aromatic nitrogens is 1. The van der Waals surface area contributed by atoms with E-state index in [4.69, 9.17) is 0 Å². The number of carbonyl (C=O) groups is 1. The smallest absolute Gasteiger partial charge is 0.317 e. The van der Waals surface area contributed by atoms with E-state index in [9.17, 15) is 4.79 Å². The Kier molecular flexibility index (Phi) is 5.15. The predicted octanol–water partition coefficient (Wildman–Crippen LogP) is 1.46. The lowest BCUT2D eigenvalue weighted by atomic mass is 10.3. The van der Waals surface area contributed by atoms with Crippen LogP contribution in [0.3, 0.4) is 0 Å². The van der Waals surface area contributed by atoms with Crippen LogP contribution >= 0.6 is 11.3 Å². The van der Waals surface area contributed by atoms with Crippen molar-refractivity contribution in [3.05, 3.63) is 11.6 Å². The van der Waals surface area contributed by atoms with Crippen LogP contribution < -0.4 is 10.2 Å². The van der Waals surface area contributed by atoms with Crippen molar-refractivity contribution in [2.45, 2.75) is 25.8 Å². The second-order valence-electron chi connectivity index (χ2n) is 6.07. The number of likely N-dealkylation sites (tertiary alicyclic amines) is 1. The second-order valence-corrected chi connectivity index (χ2v) is 6.94. The minimum Gasteiger partial charge on any atom is -0.345 e. The van der Waals surface area contributed by atoms with Gasteiger partial charge in [0.2, 0.25) is 0 Å². The van der Waals surface area contributed by atoms with Gasteiger partial charge in [0.15, 0.2) is 5.13 Å². The van der Waals surface area contributed by atoms with Gasteiger partial charge in [0.1, 0.15) is 0 Å². The summed E-state index contributed by atoms with van der Waals surface area (Å²) >= 11 is 1.66. The third-order valence-electron chi connectivity index (χ3n) is 4.57. The zero-order valence-corrected chi connectivity index (χ0v) is 14.0. The van der Waals surface area contributed by atoms with Crippen LogP contribution in [0.15, 0.2) is 11.6 Å². The molecular formula is C15H25N5OS. The molecular weight excluding hydrogens is 298 g/mol. The highest BCUT2D eigenvalue weighted by Crippen LogP contribution is 2.18. The average molecular weight is 323 g/mol. The highest BCUT2D eigenvalue weighted by molar-refractivity contribution is 7.13. The van der Waals surface area contributed by atoms with Crippen molar-refractivity contribution in [1.29, 1.82) is 0 Å². The summed E-state index contributed by atoms with van der Waals surface area (Å²) in [7, 11) is 0. The van der Waals surface area contributed by atoms with Gasteiger partial charge in [0.05, 0.1) is 0 Å². The molecule has 3 heterocycles. The second kappa shape index (κ2) is 7.28. The number of urea groups is 1. The largest absolute Gasteiger partial charge is 0.345 e. The van der Waals surface area contributed by atoms with E-state index >= 15 is 0 Å². The molecule has 2 aliphatic heterocycles. The van der Waals surface area contributed by atoms with Gasteiger partial charge in [0.25, 0.3) is 0 Å². The van der Waals surface area contributed by atoms with E-state index in [1.807, 2.05) is 16.5 Å². The number of amides is 2. The Hall–Kier alpha value is -1.34. The van der Waals surface area contributed by atoms with Crippen LogP contribution in [0.2, 0.25) is 0 Å². The first-order valence-electron chi connectivity index (χ1n) is 8.15. The molecule has 2 fully saturated rings. The zero-order chi connectivity index (χ0) is 15.4. The Labute approximate surface area is 136 Å². The summed E-state index contributed by atoms with van der Waals surface area (Å²) in [6.45, 7) is 8.54. The van der Waals surface area contributed by atoms with E-state index in [0.717, 1.165) is 37.9 Å². The Morgan fingerprint density at radius 1 is 1.27 bits per heavy atom. The lowest BCUT2D eigenvalue weighted by Crippen LogP contribution is -2.53. The molecule has 1 aromatic rings. The van der Waals surface area contributed by atoms with Gasteiger partial charge in [-0.05, 0) is 32.9 Å². The molecule has 7 heteroatoms. The Bertz CT molecular complexity index is 466. The number of anilines is 1. The fraction of sp³-hybridized carbons (Fsp3) is 0.733. The van der Waals surface area contributed by atoms with Gasteiger partial charge < -0.3 is 15.1 Å². The normalized spacial score (nSPS) is 21.1. The molecule has 2 amide bonds. The highest BCUT2D eigenvalue weighted by Gasteiger charge is 2.23. The minimum absolute atomic E-state index is 0.0739. The van der Waals surface area contributed by atoms with Crippen molar-refractivity contribution >= 4 is 22.5 Å². The molecule has 1 atom stereocenters. The van der Waals surface area contributed by atoms with Crippen molar-refractivity contribution in [3.63, 3.8) is 0 Å². The van der Waals surface area contributed by atoms with Crippen LogP contribution in [-0.4, -0.2) is 72.7 Å². The summed E-state index contributed by atoms with van der Waals surface area (Å²) in [5.74, 6) is 0. The summed E-state index contributed by atoms with van der Waals surface area (Å²) in [4.78, 5) is 23.2. The van der Waals surface area contributed by atoms with Crippen molar-refractivity contribution < 1.29 is 4.79 Å². The molecule has 0 unspecified atom stereocenters. The molecule has 6 nitrogen and oxygen atoms in total. The van der Waals surface area contributed by atoms with Crippen molar-refractivity contribution in [3.8, 4) is 0 Å². The lowest BCUT2D eigenvalue weighted by molar-refractivity contribution is 0.187. The van der Waals surface area contributed by atoms with Crippen molar-refractivity contribution in [2.24, 2.45) is 0 Å². The molecule has 0 saturated carbocycles. The number of hydrogen-bond donors (Lipinski definition) is 1. The number of nitrogens with one attached hydrogen (secondary N) is 1. The van der Waals surface area contributed by atoms with Gasteiger partial charge in [0, 0.05) is 50.3 Å². The van der Waals surface area contributed by atoms with E-state index in [1.54, 1.807) is 11.3 Å².